The van der Waals surface area contributed by atoms with Crippen LogP contribution < -0.4 is 10.6 Å². The molecule has 0 saturated carbocycles. The summed E-state index contributed by atoms with van der Waals surface area (Å²) in [5.74, 6) is 0.403. The molecule has 2 N–H and O–H groups in total. The molecule has 28 heavy (non-hydrogen) atoms. The van der Waals surface area contributed by atoms with E-state index in [2.05, 4.69) is 29.5 Å². The molecule has 1 aliphatic rings. The molecule has 0 amide bonds. The summed E-state index contributed by atoms with van der Waals surface area (Å²) in [6.45, 7) is 7.85. The Labute approximate surface area is 189 Å². The van der Waals surface area contributed by atoms with Crippen LogP contribution in [0, 0.1) is 5.82 Å². The Morgan fingerprint density at radius 3 is 2.68 bits per heavy atom. The van der Waals surface area contributed by atoms with Crippen molar-refractivity contribution >= 4 is 41.5 Å². The zero-order chi connectivity index (χ0) is 19.7. The average molecular weight is 528 g/mol. The summed E-state index contributed by atoms with van der Waals surface area (Å²) < 4.78 is 24.5. The quantitative estimate of drug-likeness (QED) is 0.231. The lowest BCUT2D eigenvalue weighted by molar-refractivity contribution is -0.0320. The van der Waals surface area contributed by atoms with Crippen LogP contribution in [0.2, 0.25) is 5.02 Å². The van der Waals surface area contributed by atoms with Crippen molar-refractivity contribution in [2.24, 2.45) is 4.99 Å². The van der Waals surface area contributed by atoms with Crippen molar-refractivity contribution in [3.63, 3.8) is 0 Å². The SMILES string of the molecule is CN=C(NCCCOC1CCOCC1)NCC(C)(C)c1ccc(F)cc1Cl.I. The van der Waals surface area contributed by atoms with Gasteiger partial charge in [-0.1, -0.05) is 31.5 Å². The Kier molecular flexibility index (Phi) is 11.6. The number of nitrogens with zero attached hydrogens (tertiary/aromatic N) is 1. The molecule has 0 radical (unpaired) electrons. The number of aliphatic imine (C=N–C) groups is 1. The fourth-order valence-electron chi connectivity index (χ4n) is 3.03. The highest BCUT2D eigenvalue weighted by atomic mass is 127. The Bertz CT molecular complexity index is 625. The number of hydrogen-bond donors (Lipinski definition) is 2. The third-order valence-electron chi connectivity index (χ3n) is 4.72. The van der Waals surface area contributed by atoms with Gasteiger partial charge in [0.25, 0.3) is 0 Å². The van der Waals surface area contributed by atoms with Crippen molar-refractivity contribution in [1.29, 1.82) is 0 Å². The molecule has 160 valence electrons. The van der Waals surface area contributed by atoms with Gasteiger partial charge in [-0.2, -0.15) is 0 Å². The Hall–Kier alpha value is -0.640. The van der Waals surface area contributed by atoms with Gasteiger partial charge in [0.15, 0.2) is 5.96 Å². The largest absolute Gasteiger partial charge is 0.381 e. The van der Waals surface area contributed by atoms with Gasteiger partial charge in [0.1, 0.15) is 5.82 Å². The van der Waals surface area contributed by atoms with Gasteiger partial charge in [0.2, 0.25) is 0 Å². The number of nitrogens with one attached hydrogen (secondary N) is 2. The first-order chi connectivity index (χ1) is 12.9. The summed E-state index contributed by atoms with van der Waals surface area (Å²) in [6.07, 6.45) is 3.21. The molecule has 0 aliphatic carbocycles. The molecular weight excluding hydrogens is 496 g/mol. The van der Waals surface area contributed by atoms with Gasteiger partial charge in [-0.15, -0.1) is 24.0 Å². The molecule has 5 nitrogen and oxygen atoms in total. The van der Waals surface area contributed by atoms with E-state index >= 15 is 0 Å². The third kappa shape index (κ3) is 8.39. The minimum atomic E-state index is -0.326. The zero-order valence-corrected chi connectivity index (χ0v) is 20.0. The van der Waals surface area contributed by atoms with Crippen LogP contribution >= 0.6 is 35.6 Å². The van der Waals surface area contributed by atoms with Crippen LogP contribution in [0.1, 0.15) is 38.7 Å². The van der Waals surface area contributed by atoms with Crippen molar-refractivity contribution in [2.75, 3.05) is 40.0 Å². The summed E-state index contributed by atoms with van der Waals surface area (Å²) in [5, 5.41) is 7.06. The van der Waals surface area contributed by atoms with Crippen molar-refractivity contribution in [3.8, 4) is 0 Å². The van der Waals surface area contributed by atoms with Crippen molar-refractivity contribution in [3.05, 3.63) is 34.6 Å². The highest BCUT2D eigenvalue weighted by Gasteiger charge is 2.24. The molecule has 1 aromatic carbocycles. The molecule has 2 rings (SSSR count). The molecule has 8 heteroatoms. The lowest BCUT2D eigenvalue weighted by Crippen LogP contribution is -2.44. The second-order valence-corrected chi connectivity index (χ2v) is 7.80. The lowest BCUT2D eigenvalue weighted by atomic mass is 9.84. The van der Waals surface area contributed by atoms with E-state index in [0.717, 1.165) is 57.2 Å². The summed E-state index contributed by atoms with van der Waals surface area (Å²) in [4.78, 5) is 4.25. The number of guanidine groups is 1. The van der Waals surface area contributed by atoms with Crippen LogP contribution in [0.4, 0.5) is 4.39 Å². The van der Waals surface area contributed by atoms with Crippen LogP contribution in [-0.2, 0) is 14.9 Å². The predicted molar refractivity (Wildman–Crippen MR) is 124 cm³/mol. The molecule has 1 heterocycles. The maximum atomic E-state index is 13.3. The van der Waals surface area contributed by atoms with Gasteiger partial charge in [0.05, 0.1) is 6.10 Å². The van der Waals surface area contributed by atoms with E-state index in [9.17, 15) is 4.39 Å². The van der Waals surface area contributed by atoms with E-state index in [1.807, 2.05) is 0 Å². The highest BCUT2D eigenvalue weighted by Crippen LogP contribution is 2.29. The molecule has 0 bridgehead atoms. The number of rotatable bonds is 8. The number of halogens is 3. The number of hydrogen-bond acceptors (Lipinski definition) is 3. The first-order valence-electron chi connectivity index (χ1n) is 9.52. The maximum Gasteiger partial charge on any atom is 0.191 e. The molecule has 0 spiro atoms. The Morgan fingerprint density at radius 2 is 2.04 bits per heavy atom. The fraction of sp³-hybridized carbons (Fsp3) is 0.650. The van der Waals surface area contributed by atoms with E-state index in [-0.39, 0.29) is 35.2 Å². The van der Waals surface area contributed by atoms with E-state index < -0.39 is 0 Å². The van der Waals surface area contributed by atoms with Crippen LogP contribution in [0.25, 0.3) is 0 Å². The van der Waals surface area contributed by atoms with Crippen molar-refractivity contribution in [2.45, 2.75) is 44.6 Å². The minimum Gasteiger partial charge on any atom is -0.381 e. The monoisotopic (exact) mass is 527 g/mol. The summed E-state index contributed by atoms with van der Waals surface area (Å²) >= 11 is 6.21. The average Bonchev–Trinajstić information content (AvgIpc) is 2.64. The topological polar surface area (TPSA) is 54.9 Å². The van der Waals surface area contributed by atoms with E-state index in [1.54, 1.807) is 13.1 Å². The minimum absolute atomic E-state index is 0. The molecule has 0 unspecified atom stereocenters. The second kappa shape index (κ2) is 12.8. The van der Waals surface area contributed by atoms with E-state index in [1.165, 1.54) is 12.1 Å². The van der Waals surface area contributed by atoms with Gasteiger partial charge in [-0.3, -0.25) is 4.99 Å². The van der Waals surface area contributed by atoms with Crippen LogP contribution in [0.5, 0.6) is 0 Å². The maximum absolute atomic E-state index is 13.3. The zero-order valence-electron chi connectivity index (χ0n) is 16.9. The molecule has 0 aromatic heterocycles. The molecule has 1 aliphatic heterocycles. The van der Waals surface area contributed by atoms with E-state index in [4.69, 9.17) is 21.1 Å². The third-order valence-corrected chi connectivity index (χ3v) is 5.03. The van der Waals surface area contributed by atoms with E-state index in [0.29, 0.717) is 17.7 Å². The van der Waals surface area contributed by atoms with Gasteiger partial charge in [-0.05, 0) is 37.0 Å². The molecular formula is C20H32ClFIN3O2. The van der Waals surface area contributed by atoms with Crippen LogP contribution in [0.15, 0.2) is 23.2 Å². The second-order valence-electron chi connectivity index (χ2n) is 7.40. The summed E-state index contributed by atoms with van der Waals surface area (Å²) in [6, 6.07) is 4.53. The lowest BCUT2D eigenvalue weighted by Gasteiger charge is -2.28. The standard InChI is InChI=1S/C20H31ClFN3O2.HI/c1-20(2,17-6-5-15(22)13-18(17)21)14-25-19(23-3)24-9-4-10-27-16-7-11-26-12-8-16;/h5-6,13,16H,4,7-12,14H2,1-3H3,(H2,23,24,25);1H. The fourth-order valence-corrected chi connectivity index (χ4v) is 3.45. The smallest absolute Gasteiger partial charge is 0.191 e. The molecule has 1 saturated heterocycles. The first kappa shape index (κ1) is 25.4. The van der Waals surface area contributed by atoms with Crippen molar-refractivity contribution in [1.82, 2.24) is 10.6 Å². The Morgan fingerprint density at radius 1 is 1.32 bits per heavy atom. The normalized spacial score (nSPS) is 15.8. The molecule has 0 atom stereocenters. The van der Waals surface area contributed by atoms with Crippen molar-refractivity contribution < 1.29 is 13.9 Å². The molecule has 1 fully saturated rings. The van der Waals surface area contributed by atoms with Gasteiger partial charge >= 0.3 is 0 Å². The first-order valence-corrected chi connectivity index (χ1v) is 9.89. The van der Waals surface area contributed by atoms with Gasteiger partial charge in [0, 0.05) is 50.4 Å². The van der Waals surface area contributed by atoms with Crippen LogP contribution in [-0.4, -0.2) is 52.0 Å². The number of benzene rings is 1. The Balaban J connectivity index is 0.00000392. The number of ether oxygens (including phenoxy) is 2. The van der Waals surface area contributed by atoms with Gasteiger partial charge in [-0.25, -0.2) is 4.39 Å². The summed E-state index contributed by atoms with van der Waals surface area (Å²) in [7, 11) is 1.74. The van der Waals surface area contributed by atoms with Gasteiger partial charge < -0.3 is 20.1 Å². The predicted octanol–water partition coefficient (Wildman–Crippen LogP) is 4.13. The summed E-state index contributed by atoms with van der Waals surface area (Å²) in [5.41, 5.74) is 0.632. The highest BCUT2D eigenvalue weighted by molar-refractivity contribution is 14.0. The molecule has 1 aromatic rings. The van der Waals surface area contributed by atoms with Crippen LogP contribution in [0.3, 0.4) is 0 Å².